The monoisotopic (exact) mass is 518 g/mol. The Hall–Kier alpha value is -2.33. The molecule has 8 heteroatoms. The van der Waals surface area contributed by atoms with Gasteiger partial charge in [0.1, 0.15) is 5.01 Å². The molecule has 1 unspecified atom stereocenters. The summed E-state index contributed by atoms with van der Waals surface area (Å²) in [6.07, 6.45) is 0.395. The number of nitrogens with one attached hydrogen (secondary N) is 1. The Morgan fingerprint density at radius 3 is 2.72 bits per heavy atom. The molecule has 3 aromatic rings. The fourth-order valence-corrected chi connectivity index (χ4v) is 4.74. The molecule has 0 spiro atoms. The van der Waals surface area contributed by atoms with Crippen molar-refractivity contribution >= 4 is 56.6 Å². The van der Waals surface area contributed by atoms with Gasteiger partial charge in [0.2, 0.25) is 11.0 Å². The molecule has 1 N–H and O–H groups in total. The van der Waals surface area contributed by atoms with Gasteiger partial charge < -0.3 is 4.90 Å². The average molecular weight is 518 g/mol. The first-order valence-corrected chi connectivity index (χ1v) is 11.1. The Morgan fingerprint density at radius 1 is 1.17 bits per heavy atom. The van der Waals surface area contributed by atoms with E-state index in [4.69, 9.17) is 0 Å². The Bertz CT molecular complexity index is 1100. The second-order valence-corrected chi connectivity index (χ2v) is 9.22. The molecular weight excluding hydrogens is 499 g/mol. The van der Waals surface area contributed by atoms with Gasteiger partial charge >= 0.3 is 0 Å². The van der Waals surface area contributed by atoms with Crippen molar-refractivity contribution in [3.63, 3.8) is 0 Å². The molecule has 0 saturated carbocycles. The van der Waals surface area contributed by atoms with Gasteiger partial charge in [0.05, 0.1) is 5.56 Å². The van der Waals surface area contributed by atoms with E-state index >= 15 is 0 Å². The molecule has 29 heavy (non-hydrogen) atoms. The third-order valence-corrected chi connectivity index (χ3v) is 7.00. The number of carbonyl (C=O) groups excluding carboxylic acids is 2. The minimum Gasteiger partial charge on any atom is -0.312 e. The van der Waals surface area contributed by atoms with Crippen LogP contribution >= 0.6 is 33.9 Å². The molecule has 1 aromatic heterocycles. The van der Waals surface area contributed by atoms with E-state index in [-0.39, 0.29) is 17.7 Å². The number of hydrogen-bond acceptors (Lipinski definition) is 5. The highest BCUT2D eigenvalue weighted by Crippen LogP contribution is 2.35. The van der Waals surface area contributed by atoms with Crippen LogP contribution < -0.4 is 10.2 Å². The van der Waals surface area contributed by atoms with E-state index in [9.17, 15) is 9.59 Å². The molecule has 1 saturated heterocycles. The van der Waals surface area contributed by atoms with E-state index in [0.717, 1.165) is 19.8 Å². The summed E-state index contributed by atoms with van der Waals surface area (Å²) in [6, 6.07) is 13.4. The van der Waals surface area contributed by atoms with E-state index in [2.05, 4.69) is 45.0 Å². The van der Waals surface area contributed by atoms with Crippen LogP contribution in [0.25, 0.3) is 0 Å². The highest BCUT2D eigenvalue weighted by molar-refractivity contribution is 14.1. The Kier molecular flexibility index (Phi) is 5.64. The zero-order valence-electron chi connectivity index (χ0n) is 16.0. The van der Waals surface area contributed by atoms with Crippen LogP contribution in [0.5, 0.6) is 0 Å². The molecule has 2 amide bonds. The molecule has 1 atom stereocenters. The predicted octanol–water partition coefficient (Wildman–Crippen LogP) is 4.53. The van der Waals surface area contributed by atoms with Crippen LogP contribution in [0.1, 0.15) is 38.8 Å². The third-order valence-electron chi connectivity index (χ3n) is 5.06. The van der Waals surface area contributed by atoms with Gasteiger partial charge in [0.25, 0.3) is 5.91 Å². The van der Waals surface area contributed by atoms with E-state index in [0.29, 0.717) is 23.7 Å². The normalized spacial score (nSPS) is 16.3. The SMILES string of the molecule is Cc1ccc(N2CC(c3nnc(NC(=O)c4ccccc4I)s3)CC2=O)cc1C. The van der Waals surface area contributed by atoms with Gasteiger partial charge in [-0.15, -0.1) is 10.2 Å². The van der Waals surface area contributed by atoms with Crippen molar-refractivity contribution in [2.75, 3.05) is 16.8 Å². The van der Waals surface area contributed by atoms with E-state index < -0.39 is 0 Å². The molecule has 0 radical (unpaired) electrons. The number of benzene rings is 2. The molecule has 0 bridgehead atoms. The first-order chi connectivity index (χ1) is 13.9. The van der Waals surface area contributed by atoms with E-state index in [1.165, 1.54) is 16.9 Å². The highest BCUT2D eigenvalue weighted by Gasteiger charge is 2.34. The van der Waals surface area contributed by atoms with Crippen LogP contribution in [0.3, 0.4) is 0 Å². The lowest BCUT2D eigenvalue weighted by Crippen LogP contribution is -2.24. The molecular formula is C21H19IN4O2S. The largest absolute Gasteiger partial charge is 0.312 e. The molecule has 4 rings (SSSR count). The summed E-state index contributed by atoms with van der Waals surface area (Å²) in [4.78, 5) is 26.9. The third kappa shape index (κ3) is 4.18. The quantitative estimate of drug-likeness (QED) is 0.515. The van der Waals surface area contributed by atoms with Gasteiger partial charge in [0, 0.05) is 28.1 Å². The molecule has 148 valence electrons. The second kappa shape index (κ2) is 8.19. The van der Waals surface area contributed by atoms with Crippen LogP contribution in [-0.4, -0.2) is 28.6 Å². The highest BCUT2D eigenvalue weighted by atomic mass is 127. The minimum atomic E-state index is -0.211. The summed E-state index contributed by atoms with van der Waals surface area (Å²) in [5.41, 5.74) is 3.88. The van der Waals surface area contributed by atoms with Crippen molar-refractivity contribution in [1.82, 2.24) is 10.2 Å². The number of rotatable bonds is 4. The van der Waals surface area contributed by atoms with Gasteiger partial charge in [-0.2, -0.15) is 0 Å². The smallest absolute Gasteiger partial charge is 0.258 e. The van der Waals surface area contributed by atoms with Gasteiger partial charge in [0.15, 0.2) is 0 Å². The lowest BCUT2D eigenvalue weighted by Gasteiger charge is -2.17. The number of nitrogens with zero attached hydrogens (tertiary/aromatic N) is 3. The van der Waals surface area contributed by atoms with E-state index in [1.54, 1.807) is 6.07 Å². The molecule has 1 fully saturated rings. The van der Waals surface area contributed by atoms with Gasteiger partial charge in [-0.1, -0.05) is 29.5 Å². The minimum absolute atomic E-state index is 0.0240. The predicted molar refractivity (Wildman–Crippen MR) is 123 cm³/mol. The number of halogens is 1. The zero-order valence-corrected chi connectivity index (χ0v) is 19.0. The maximum atomic E-state index is 12.6. The topological polar surface area (TPSA) is 75.2 Å². The van der Waals surface area contributed by atoms with Gasteiger partial charge in [-0.3, -0.25) is 14.9 Å². The molecule has 0 aliphatic carbocycles. The Morgan fingerprint density at radius 2 is 1.97 bits per heavy atom. The standard InChI is InChI=1S/C21H19IN4O2S/c1-12-7-8-15(9-13(12)2)26-11-14(10-18(26)27)20-24-25-21(29-20)23-19(28)16-5-3-4-6-17(16)22/h3-9,14H,10-11H2,1-2H3,(H,23,25,28). The van der Waals surface area contributed by atoms with Crippen LogP contribution in [0.4, 0.5) is 10.8 Å². The number of hydrogen-bond donors (Lipinski definition) is 1. The summed E-state index contributed by atoms with van der Waals surface area (Å²) in [7, 11) is 0. The maximum absolute atomic E-state index is 12.6. The Labute approximate surface area is 186 Å². The van der Waals surface area contributed by atoms with Crippen molar-refractivity contribution in [1.29, 1.82) is 0 Å². The Balaban J connectivity index is 1.47. The van der Waals surface area contributed by atoms with Crippen LogP contribution in [-0.2, 0) is 4.79 Å². The fraction of sp³-hybridized carbons (Fsp3) is 0.238. The summed E-state index contributed by atoms with van der Waals surface area (Å²) >= 11 is 3.46. The molecule has 2 heterocycles. The number of amides is 2. The number of carbonyl (C=O) groups is 2. The van der Waals surface area contributed by atoms with Crippen molar-refractivity contribution in [3.8, 4) is 0 Å². The zero-order chi connectivity index (χ0) is 20.5. The maximum Gasteiger partial charge on any atom is 0.258 e. The van der Waals surface area contributed by atoms with Crippen molar-refractivity contribution in [3.05, 3.63) is 67.7 Å². The second-order valence-electron chi connectivity index (χ2n) is 7.05. The average Bonchev–Trinajstić information content (AvgIpc) is 3.31. The lowest BCUT2D eigenvalue weighted by atomic mass is 10.1. The number of anilines is 2. The molecule has 2 aromatic carbocycles. The fourth-order valence-electron chi connectivity index (χ4n) is 3.28. The lowest BCUT2D eigenvalue weighted by molar-refractivity contribution is -0.117. The number of aryl methyl sites for hydroxylation is 2. The first kappa shape index (κ1) is 20.0. The summed E-state index contributed by atoms with van der Waals surface area (Å²) < 4.78 is 0.873. The van der Waals surface area contributed by atoms with Gasteiger partial charge in [-0.05, 0) is 71.8 Å². The van der Waals surface area contributed by atoms with Crippen molar-refractivity contribution < 1.29 is 9.59 Å². The van der Waals surface area contributed by atoms with E-state index in [1.807, 2.05) is 48.2 Å². The van der Waals surface area contributed by atoms with Gasteiger partial charge in [-0.25, -0.2) is 0 Å². The molecule has 6 nitrogen and oxygen atoms in total. The summed E-state index contributed by atoms with van der Waals surface area (Å²) in [5.74, 6) is -0.154. The van der Waals surface area contributed by atoms with Crippen LogP contribution in [0, 0.1) is 17.4 Å². The summed E-state index contributed by atoms with van der Waals surface area (Å²) in [6.45, 7) is 4.67. The van der Waals surface area contributed by atoms with Crippen molar-refractivity contribution in [2.24, 2.45) is 0 Å². The van der Waals surface area contributed by atoms with Crippen LogP contribution in [0.15, 0.2) is 42.5 Å². The summed E-state index contributed by atoms with van der Waals surface area (Å²) in [5, 5.41) is 12.4. The number of aromatic nitrogens is 2. The first-order valence-electron chi connectivity index (χ1n) is 9.19. The van der Waals surface area contributed by atoms with Crippen LogP contribution in [0.2, 0.25) is 0 Å². The van der Waals surface area contributed by atoms with Crippen molar-refractivity contribution in [2.45, 2.75) is 26.2 Å². The molecule has 1 aliphatic rings. The molecule has 1 aliphatic heterocycles.